The van der Waals surface area contributed by atoms with Crippen LogP contribution in [0.5, 0.6) is 0 Å². The minimum Gasteiger partial charge on any atom is -0.418 e. The fraction of sp³-hybridized carbons (Fsp3) is 0.725. The zero-order chi connectivity index (χ0) is 44.3. The zero-order valence-electron chi connectivity index (χ0n) is 35.3. The zero-order valence-corrected chi connectivity index (χ0v) is 37.0. The van der Waals surface area contributed by atoms with E-state index in [-0.39, 0.29) is 0 Å². The average molecular weight is 890 g/mol. The Bertz CT molecular complexity index is 1110. The van der Waals surface area contributed by atoms with Crippen molar-refractivity contribution < 1.29 is 56.4 Å². The predicted molar refractivity (Wildman–Crippen MR) is 230 cm³/mol. The lowest BCUT2D eigenvalue weighted by Crippen LogP contribution is -2.32. The van der Waals surface area contributed by atoms with Gasteiger partial charge in [0, 0.05) is 28.8 Å². The van der Waals surface area contributed by atoms with Crippen LogP contribution in [0.2, 0.25) is 0 Å². The maximum atomic E-state index is 9.75. The Hall–Kier alpha value is -1.58. The third-order valence-electron chi connectivity index (χ3n) is 8.77. The van der Waals surface area contributed by atoms with Crippen LogP contribution < -0.4 is 4.57 Å². The second kappa shape index (κ2) is 36.1. The van der Waals surface area contributed by atoms with E-state index in [2.05, 4.69) is 79.7 Å². The topological polar surface area (TPSA) is 3.88 Å². The summed E-state index contributed by atoms with van der Waals surface area (Å²) < 4.78 is 119. The predicted octanol–water partition coefficient (Wildman–Crippen LogP) is 15.3. The molecule has 0 saturated heterocycles. The summed E-state index contributed by atoms with van der Waals surface area (Å²) in [5.41, 5.74) is 4.64. The molecule has 0 bridgehead atoms. The fourth-order valence-corrected chi connectivity index (χ4v) is 9.39. The highest BCUT2D eigenvalue weighted by Gasteiger charge is 2.22. The fourth-order valence-electron chi connectivity index (χ4n) is 6.23. The van der Waals surface area contributed by atoms with Gasteiger partial charge in [-0.05, 0) is 65.7 Å². The van der Waals surface area contributed by atoms with Crippen LogP contribution in [0.1, 0.15) is 159 Å². The highest BCUT2D eigenvalue weighted by molar-refractivity contribution is 7.95. The van der Waals surface area contributed by atoms with E-state index in [1.165, 1.54) is 157 Å². The largest absolute Gasteiger partial charge is 0.673 e. The Kier molecular flexibility index (Phi) is 36.4. The molecule has 0 aliphatic rings. The maximum Gasteiger partial charge on any atom is 0.673 e. The highest BCUT2D eigenvalue weighted by Crippen LogP contribution is 2.20. The van der Waals surface area contributed by atoms with E-state index in [0.717, 1.165) is 6.54 Å². The first kappa shape index (κ1) is 58.5. The van der Waals surface area contributed by atoms with E-state index in [0.29, 0.717) is 21.8 Å². The van der Waals surface area contributed by atoms with Crippen molar-refractivity contribution in [3.8, 4) is 0 Å². The lowest BCUT2D eigenvalue weighted by atomic mass is 10.1. The molecule has 2 rings (SSSR count). The highest BCUT2D eigenvalue weighted by atomic mass is 32.2. The van der Waals surface area contributed by atoms with Crippen LogP contribution in [-0.2, 0) is 39.8 Å². The van der Waals surface area contributed by atoms with Crippen LogP contribution in [0, 0.1) is 0 Å². The van der Waals surface area contributed by atoms with Crippen molar-refractivity contribution in [2.45, 2.75) is 160 Å². The summed E-state index contributed by atoms with van der Waals surface area (Å²) >= 11 is 0. The Labute approximate surface area is 348 Å². The number of nitrogens with zero attached hydrogens (tertiary/aromatic N) is 1. The van der Waals surface area contributed by atoms with Gasteiger partial charge in [-0.3, -0.25) is 0 Å². The summed E-state index contributed by atoms with van der Waals surface area (Å²) in [7, 11) is -17.1. The first-order valence-corrected chi connectivity index (χ1v) is 24.9. The Morgan fingerprint density at radius 1 is 0.397 bits per heavy atom. The minimum absolute atomic E-state index is 0.474. The third kappa shape index (κ3) is 52.4. The molecule has 1 aromatic heterocycles. The van der Waals surface area contributed by atoms with Crippen molar-refractivity contribution in [3.05, 3.63) is 65.5 Å². The summed E-state index contributed by atoms with van der Waals surface area (Å²) in [4.78, 5) is 0. The van der Waals surface area contributed by atoms with Gasteiger partial charge in [-0.15, -0.1) is 0 Å². The monoisotopic (exact) mass is 890 g/mol. The minimum atomic E-state index is -6.00. The first-order valence-electron chi connectivity index (χ1n) is 21.0. The van der Waals surface area contributed by atoms with E-state index in [1.807, 2.05) is 0 Å². The number of rotatable bonds is 28. The molecule has 0 spiro atoms. The molecular formula is C40H70B3F12NS2. The summed E-state index contributed by atoms with van der Waals surface area (Å²) in [5, 5.41) is 0. The molecule has 0 saturated carbocycles. The van der Waals surface area contributed by atoms with E-state index in [9.17, 15) is 51.8 Å². The van der Waals surface area contributed by atoms with Crippen molar-refractivity contribution in [1.29, 1.82) is 0 Å². The molecule has 1 aromatic carbocycles. The lowest BCUT2D eigenvalue weighted by molar-refractivity contribution is -0.688. The number of pyridine rings is 1. The van der Waals surface area contributed by atoms with Gasteiger partial charge >= 0.3 is 21.8 Å². The molecule has 1 nitrogen and oxygen atoms in total. The molecule has 0 fully saturated rings. The van der Waals surface area contributed by atoms with Gasteiger partial charge in [-0.25, -0.2) is 4.57 Å². The standard InChI is InChI=1S/C40H70NS2.3BF4/c1-5-7-9-11-13-15-17-19-21-26-30-42(3)36-39-32-38(35-41-28-24-23-25-29-41)33-40(34-39)37-43(4)31-27-22-20-18-16-14-12-10-8-6-2;3*2-1(3,4)5/h23-25,28-29,32-34H,5-22,26-27,30-31,35-37H2,1-4H3;;;/q+3;3*-1. The van der Waals surface area contributed by atoms with Gasteiger partial charge in [0.25, 0.3) is 0 Å². The summed E-state index contributed by atoms with van der Waals surface area (Å²) in [6.07, 6.45) is 38.1. The molecule has 0 N–H and O–H groups in total. The second-order valence-corrected chi connectivity index (χ2v) is 19.3. The van der Waals surface area contributed by atoms with Crippen LogP contribution in [0.3, 0.4) is 0 Å². The van der Waals surface area contributed by atoms with Crippen LogP contribution in [0.25, 0.3) is 0 Å². The van der Waals surface area contributed by atoms with Crippen LogP contribution in [0.4, 0.5) is 51.8 Å². The summed E-state index contributed by atoms with van der Waals surface area (Å²) in [5.74, 6) is 5.32. The Balaban J connectivity index is 0. The number of aromatic nitrogens is 1. The Morgan fingerprint density at radius 2 is 0.655 bits per heavy atom. The molecule has 58 heavy (non-hydrogen) atoms. The van der Waals surface area contributed by atoms with Crippen molar-refractivity contribution in [3.63, 3.8) is 0 Å². The Morgan fingerprint density at radius 3 is 0.948 bits per heavy atom. The van der Waals surface area contributed by atoms with Crippen molar-refractivity contribution in [2.75, 3.05) is 24.0 Å². The molecular weight excluding hydrogens is 819 g/mol. The summed E-state index contributed by atoms with van der Waals surface area (Å²) in [6, 6.07) is 14.0. The number of hydrogen-bond acceptors (Lipinski definition) is 0. The second-order valence-electron chi connectivity index (χ2n) is 14.8. The molecule has 2 atom stereocenters. The molecule has 0 amide bonds. The molecule has 340 valence electrons. The quantitative estimate of drug-likeness (QED) is 0.0263. The lowest BCUT2D eigenvalue weighted by Gasteiger charge is -2.10. The SMILES string of the molecule is CCCCCCCCCCCC[S+](C)Cc1cc(C[n+]2ccccc2)cc(C[S+](C)CCCCCCCCCCCC)c1.F[B-](F)(F)F.F[B-](F)(F)F.F[B-](F)(F)F. The summed E-state index contributed by atoms with van der Waals surface area (Å²) in [6.45, 7) is 5.60. The van der Waals surface area contributed by atoms with Gasteiger partial charge in [-0.1, -0.05) is 123 Å². The molecule has 0 aliphatic heterocycles. The molecule has 0 aliphatic carbocycles. The van der Waals surface area contributed by atoms with E-state index in [1.54, 1.807) is 11.1 Å². The van der Waals surface area contributed by atoms with Gasteiger partial charge in [-0.2, -0.15) is 0 Å². The van der Waals surface area contributed by atoms with E-state index in [4.69, 9.17) is 0 Å². The van der Waals surface area contributed by atoms with Gasteiger partial charge < -0.3 is 51.8 Å². The number of unbranched alkanes of at least 4 members (excludes halogenated alkanes) is 18. The first-order chi connectivity index (χ1) is 27.1. The molecule has 1 heterocycles. The molecule has 0 radical (unpaired) electrons. The van der Waals surface area contributed by atoms with E-state index < -0.39 is 21.8 Å². The maximum absolute atomic E-state index is 9.75. The average Bonchev–Trinajstić information content (AvgIpc) is 3.08. The molecule has 2 aromatic rings. The smallest absolute Gasteiger partial charge is 0.418 e. The van der Waals surface area contributed by atoms with Crippen molar-refractivity contribution >= 4 is 43.6 Å². The van der Waals surface area contributed by atoms with Gasteiger partial charge in [0.15, 0.2) is 18.9 Å². The van der Waals surface area contributed by atoms with E-state index >= 15 is 0 Å². The van der Waals surface area contributed by atoms with Gasteiger partial charge in [0.2, 0.25) is 0 Å². The normalized spacial score (nSPS) is 12.7. The van der Waals surface area contributed by atoms with Gasteiger partial charge in [0.05, 0.1) is 12.5 Å². The van der Waals surface area contributed by atoms with Crippen LogP contribution >= 0.6 is 0 Å². The number of halogens is 12. The number of hydrogen-bond donors (Lipinski definition) is 0. The number of benzene rings is 1. The molecule has 2 unspecified atom stereocenters. The van der Waals surface area contributed by atoms with Crippen LogP contribution in [0.15, 0.2) is 48.8 Å². The third-order valence-corrected chi connectivity index (χ3v) is 12.4. The van der Waals surface area contributed by atoms with Gasteiger partial charge in [0.1, 0.15) is 23.0 Å². The molecule has 18 heteroatoms. The van der Waals surface area contributed by atoms with Crippen molar-refractivity contribution in [2.24, 2.45) is 0 Å². The van der Waals surface area contributed by atoms with Crippen molar-refractivity contribution in [1.82, 2.24) is 0 Å². The van der Waals surface area contributed by atoms with Crippen LogP contribution in [-0.4, -0.2) is 45.8 Å².